The molecule has 2 aromatic heterocycles. The van der Waals surface area contributed by atoms with Crippen molar-refractivity contribution < 1.29 is 9.59 Å². The molecule has 1 saturated heterocycles. The summed E-state index contributed by atoms with van der Waals surface area (Å²) in [6.45, 7) is 3.95. The van der Waals surface area contributed by atoms with Crippen LogP contribution in [0.1, 0.15) is 23.8 Å². The zero-order valence-corrected chi connectivity index (χ0v) is 15.0. The smallest absolute Gasteiger partial charge is 0.329 e. The Balaban J connectivity index is 1.68. The number of hydrogen-bond donors (Lipinski definition) is 3. The number of rotatable bonds is 3. The molecular formula is C18H21N7O2. The second-order valence-corrected chi connectivity index (χ2v) is 6.56. The maximum absolute atomic E-state index is 13.0. The Bertz CT molecular complexity index is 901. The van der Waals surface area contributed by atoms with E-state index in [0.717, 1.165) is 25.2 Å². The van der Waals surface area contributed by atoms with Crippen LogP contribution in [0.3, 0.4) is 0 Å². The Labute approximate surface area is 156 Å². The van der Waals surface area contributed by atoms with E-state index in [1.165, 1.54) is 6.20 Å². The molecule has 3 amide bonds. The number of nitrogens with two attached hydrogens (primary N) is 1. The van der Waals surface area contributed by atoms with Gasteiger partial charge in [0.05, 0.1) is 11.7 Å². The van der Waals surface area contributed by atoms with Crippen LogP contribution in [0, 0.1) is 0 Å². The van der Waals surface area contributed by atoms with Gasteiger partial charge in [0, 0.05) is 37.6 Å². The number of urea groups is 1. The third-order valence-electron chi connectivity index (χ3n) is 4.76. The van der Waals surface area contributed by atoms with Crippen LogP contribution in [-0.2, 0) is 0 Å². The van der Waals surface area contributed by atoms with Crippen molar-refractivity contribution in [2.24, 2.45) is 0 Å². The van der Waals surface area contributed by atoms with Crippen LogP contribution in [0.5, 0.6) is 0 Å². The van der Waals surface area contributed by atoms with Crippen LogP contribution in [-0.4, -0.2) is 47.6 Å². The number of carbonyl (C=O) groups is 2. The Morgan fingerprint density at radius 2 is 2.19 bits per heavy atom. The highest BCUT2D eigenvalue weighted by molar-refractivity contribution is 6.05. The SMILES string of the molecule is CCNC(=O)c1ccc2c(n1)N(C(=O)Nc1cc(N)ccn1)C1CCN2C1. The van der Waals surface area contributed by atoms with Crippen LogP contribution >= 0.6 is 0 Å². The molecular weight excluding hydrogens is 346 g/mol. The molecule has 4 heterocycles. The van der Waals surface area contributed by atoms with Crippen molar-refractivity contribution >= 4 is 34.9 Å². The highest BCUT2D eigenvalue weighted by Crippen LogP contribution is 2.39. The molecule has 4 rings (SSSR count). The Morgan fingerprint density at radius 1 is 1.33 bits per heavy atom. The quantitative estimate of drug-likeness (QED) is 0.756. The molecule has 4 N–H and O–H groups in total. The summed E-state index contributed by atoms with van der Waals surface area (Å²) < 4.78 is 0. The standard InChI is InChI=1S/C18H21N7O2/c1-2-20-17(26)13-3-4-14-16(22-13)25(12-6-8-24(14)10-12)18(27)23-15-9-11(19)5-7-21-15/h3-5,7,9,12H,2,6,8,10H2,1H3,(H,20,26)(H3,19,21,23,27). The molecule has 0 spiro atoms. The molecule has 2 bridgehead atoms. The summed E-state index contributed by atoms with van der Waals surface area (Å²) in [6, 6.07) is 6.46. The number of fused-ring (bicyclic) bond motifs is 4. The molecule has 0 aromatic carbocycles. The third kappa shape index (κ3) is 3.12. The van der Waals surface area contributed by atoms with Crippen LogP contribution in [0.15, 0.2) is 30.5 Å². The lowest BCUT2D eigenvalue weighted by molar-refractivity contribution is 0.0951. The second-order valence-electron chi connectivity index (χ2n) is 6.56. The average molecular weight is 367 g/mol. The van der Waals surface area contributed by atoms with Crippen LogP contribution < -0.4 is 26.2 Å². The molecule has 1 unspecified atom stereocenters. The maximum Gasteiger partial charge on any atom is 0.329 e. The fourth-order valence-electron chi connectivity index (χ4n) is 3.53. The lowest BCUT2D eigenvalue weighted by Crippen LogP contribution is -2.48. The number of nitrogens with zero attached hydrogens (tertiary/aromatic N) is 4. The lowest BCUT2D eigenvalue weighted by atomic mass is 10.1. The van der Waals surface area contributed by atoms with Gasteiger partial charge < -0.3 is 16.0 Å². The zero-order chi connectivity index (χ0) is 19.0. The molecule has 2 aliphatic heterocycles. The molecule has 9 heteroatoms. The number of nitrogens with one attached hydrogen (secondary N) is 2. The van der Waals surface area contributed by atoms with Gasteiger partial charge in [-0.05, 0) is 31.5 Å². The van der Waals surface area contributed by atoms with Crippen molar-refractivity contribution in [1.29, 1.82) is 0 Å². The predicted molar refractivity (Wildman–Crippen MR) is 103 cm³/mol. The first kappa shape index (κ1) is 17.1. The van der Waals surface area contributed by atoms with Gasteiger partial charge in [-0.25, -0.2) is 14.8 Å². The summed E-state index contributed by atoms with van der Waals surface area (Å²) in [5.74, 6) is 0.613. The van der Waals surface area contributed by atoms with E-state index >= 15 is 0 Å². The van der Waals surface area contributed by atoms with Gasteiger partial charge in [-0.1, -0.05) is 0 Å². The molecule has 27 heavy (non-hydrogen) atoms. The minimum atomic E-state index is -0.332. The van der Waals surface area contributed by atoms with Crippen molar-refractivity contribution in [3.8, 4) is 0 Å². The average Bonchev–Trinajstić information content (AvgIpc) is 3.06. The van der Waals surface area contributed by atoms with Gasteiger partial charge in [0.1, 0.15) is 11.5 Å². The molecule has 0 aliphatic carbocycles. The van der Waals surface area contributed by atoms with E-state index in [1.807, 2.05) is 13.0 Å². The van der Waals surface area contributed by atoms with Crippen molar-refractivity contribution in [2.45, 2.75) is 19.4 Å². The monoisotopic (exact) mass is 367 g/mol. The maximum atomic E-state index is 13.0. The molecule has 9 nitrogen and oxygen atoms in total. The largest absolute Gasteiger partial charge is 0.399 e. The van der Waals surface area contributed by atoms with E-state index in [2.05, 4.69) is 25.5 Å². The van der Waals surface area contributed by atoms with E-state index < -0.39 is 0 Å². The summed E-state index contributed by atoms with van der Waals surface area (Å²) in [7, 11) is 0. The van der Waals surface area contributed by atoms with E-state index in [9.17, 15) is 9.59 Å². The van der Waals surface area contributed by atoms with Crippen LogP contribution in [0.25, 0.3) is 0 Å². The summed E-state index contributed by atoms with van der Waals surface area (Å²) >= 11 is 0. The number of carbonyl (C=O) groups excluding carboxylic acids is 2. The van der Waals surface area contributed by atoms with E-state index in [-0.39, 0.29) is 23.7 Å². The highest BCUT2D eigenvalue weighted by Gasteiger charge is 2.40. The van der Waals surface area contributed by atoms with Gasteiger partial charge >= 0.3 is 6.03 Å². The van der Waals surface area contributed by atoms with Crippen molar-refractivity contribution in [1.82, 2.24) is 15.3 Å². The predicted octanol–water partition coefficient (Wildman–Crippen LogP) is 1.44. The number of pyridine rings is 2. The molecule has 0 radical (unpaired) electrons. The first-order valence-corrected chi connectivity index (χ1v) is 8.92. The van der Waals surface area contributed by atoms with Crippen LogP contribution in [0.2, 0.25) is 0 Å². The van der Waals surface area contributed by atoms with Gasteiger partial charge in [0.25, 0.3) is 5.91 Å². The molecule has 2 aliphatic rings. The summed E-state index contributed by atoms with van der Waals surface area (Å²) in [4.78, 5) is 37.6. The van der Waals surface area contributed by atoms with Crippen molar-refractivity contribution in [3.05, 3.63) is 36.2 Å². The number of hydrogen-bond acceptors (Lipinski definition) is 6. The third-order valence-corrected chi connectivity index (χ3v) is 4.76. The fraction of sp³-hybridized carbons (Fsp3) is 0.333. The first-order chi connectivity index (χ1) is 13.1. The highest BCUT2D eigenvalue weighted by atomic mass is 16.2. The number of aromatic nitrogens is 2. The molecule has 0 saturated carbocycles. The van der Waals surface area contributed by atoms with Crippen LogP contribution in [0.4, 0.5) is 27.8 Å². The van der Waals surface area contributed by atoms with Crippen molar-refractivity contribution in [3.63, 3.8) is 0 Å². The van der Waals surface area contributed by atoms with E-state index in [0.29, 0.717) is 23.9 Å². The van der Waals surface area contributed by atoms with Crippen molar-refractivity contribution in [2.75, 3.05) is 40.5 Å². The lowest BCUT2D eigenvalue weighted by Gasteiger charge is -2.35. The minimum Gasteiger partial charge on any atom is -0.399 e. The molecule has 1 fully saturated rings. The Hall–Kier alpha value is -3.36. The van der Waals surface area contributed by atoms with Gasteiger partial charge in [-0.3, -0.25) is 15.0 Å². The summed E-state index contributed by atoms with van der Waals surface area (Å²) in [6.07, 6.45) is 2.38. The molecule has 1 atom stereocenters. The Morgan fingerprint density at radius 3 is 2.96 bits per heavy atom. The van der Waals surface area contributed by atoms with Gasteiger partial charge in [-0.15, -0.1) is 0 Å². The Kier molecular flexibility index (Phi) is 4.27. The second kappa shape index (κ2) is 6.75. The molecule has 140 valence electrons. The number of amides is 3. The number of nitrogen functional groups attached to an aromatic ring is 1. The number of anilines is 4. The van der Waals surface area contributed by atoms with E-state index in [1.54, 1.807) is 23.1 Å². The normalized spacial score (nSPS) is 17.4. The van der Waals surface area contributed by atoms with Gasteiger partial charge in [-0.2, -0.15) is 0 Å². The summed E-state index contributed by atoms with van der Waals surface area (Å²) in [5.41, 5.74) is 7.42. The molecule has 2 aromatic rings. The topological polar surface area (TPSA) is 116 Å². The minimum absolute atomic E-state index is 0.00412. The van der Waals surface area contributed by atoms with Gasteiger partial charge in [0.2, 0.25) is 0 Å². The zero-order valence-electron chi connectivity index (χ0n) is 15.0. The fourth-order valence-corrected chi connectivity index (χ4v) is 3.53. The van der Waals surface area contributed by atoms with Gasteiger partial charge in [0.15, 0.2) is 5.82 Å². The first-order valence-electron chi connectivity index (χ1n) is 8.92. The van der Waals surface area contributed by atoms with E-state index in [4.69, 9.17) is 5.73 Å². The summed E-state index contributed by atoms with van der Waals surface area (Å²) in [5, 5.41) is 5.53.